The monoisotopic (exact) mass is 318 g/mol. The zero-order valence-electron chi connectivity index (χ0n) is 8.50. The highest BCUT2D eigenvalue weighted by molar-refractivity contribution is 8.12. The Labute approximate surface area is 109 Å². The Kier molecular flexibility index (Phi) is 3.97. The fraction of sp³-hybridized carbons (Fsp3) is 0.250. The topological polar surface area (TPSA) is 77.5 Å². The third kappa shape index (κ3) is 3.04. The van der Waals surface area contributed by atoms with Crippen molar-refractivity contribution in [2.75, 3.05) is 6.26 Å². The number of alkyl halides is 2. The number of hydrogen-bond acceptors (Lipinski definition) is 5. The zero-order valence-corrected chi connectivity index (χ0v) is 11.6. The van der Waals surface area contributed by atoms with Gasteiger partial charge in [-0.1, -0.05) is 41.4 Å². The van der Waals surface area contributed by atoms with E-state index in [-0.39, 0.29) is 5.75 Å². The molecule has 0 atom stereocenters. The molecule has 96 valence electrons. The molecular weight excluding hydrogens is 311 g/mol. The van der Waals surface area contributed by atoms with Gasteiger partial charge in [0.1, 0.15) is 5.75 Å². The van der Waals surface area contributed by atoms with Crippen molar-refractivity contribution in [1.82, 2.24) is 0 Å². The second-order valence-electron chi connectivity index (χ2n) is 3.09. The Balaban J connectivity index is 3.15. The predicted molar refractivity (Wildman–Crippen MR) is 65.3 cm³/mol. The summed E-state index contributed by atoms with van der Waals surface area (Å²) in [6, 6.07) is 7.29. The molecular formula is C8H8Cl2O5S2. The number of sulfone groups is 1. The summed E-state index contributed by atoms with van der Waals surface area (Å²) in [6.07, 6.45) is 0.596. The molecule has 0 aliphatic carbocycles. The minimum Gasteiger partial charge on any atom is -0.380 e. The van der Waals surface area contributed by atoms with E-state index in [1.54, 1.807) is 6.07 Å². The van der Waals surface area contributed by atoms with Crippen LogP contribution in [0.15, 0.2) is 30.3 Å². The molecule has 0 spiro atoms. The predicted octanol–water partition coefficient (Wildman–Crippen LogP) is 1.53. The normalized spacial score (nSPS) is 13.4. The minimum atomic E-state index is -4.73. The molecule has 0 N–H and O–H groups in total. The molecule has 0 saturated carbocycles. The molecule has 0 amide bonds. The minimum absolute atomic E-state index is 0.0816. The molecule has 1 aromatic rings. The molecule has 9 heteroatoms. The first-order chi connectivity index (χ1) is 7.58. The summed E-state index contributed by atoms with van der Waals surface area (Å²) in [5.41, 5.74) is 0. The van der Waals surface area contributed by atoms with Gasteiger partial charge in [0.05, 0.1) is 0 Å². The van der Waals surface area contributed by atoms with E-state index in [9.17, 15) is 16.8 Å². The summed E-state index contributed by atoms with van der Waals surface area (Å²) >= 11 is 10.6. The summed E-state index contributed by atoms with van der Waals surface area (Å²) in [4.78, 5) is 0. The van der Waals surface area contributed by atoms with Crippen molar-refractivity contribution in [2.24, 2.45) is 0 Å². The Morgan fingerprint density at radius 1 is 1.06 bits per heavy atom. The molecule has 0 unspecified atom stereocenters. The average Bonchev–Trinajstić information content (AvgIpc) is 2.16. The van der Waals surface area contributed by atoms with E-state index in [0.717, 1.165) is 0 Å². The number of para-hydroxylation sites is 1. The van der Waals surface area contributed by atoms with Crippen LogP contribution in [0, 0.1) is 0 Å². The van der Waals surface area contributed by atoms with Gasteiger partial charge >= 0.3 is 13.1 Å². The van der Waals surface area contributed by atoms with Crippen molar-refractivity contribution < 1.29 is 21.0 Å². The average molecular weight is 319 g/mol. The molecule has 5 nitrogen and oxygen atoms in total. The Morgan fingerprint density at radius 2 is 1.53 bits per heavy atom. The van der Waals surface area contributed by atoms with E-state index in [1.165, 1.54) is 24.3 Å². The van der Waals surface area contributed by atoms with Crippen LogP contribution >= 0.6 is 23.2 Å². The van der Waals surface area contributed by atoms with E-state index in [1.807, 2.05) is 0 Å². The summed E-state index contributed by atoms with van der Waals surface area (Å²) in [7, 11) is -8.99. The summed E-state index contributed by atoms with van der Waals surface area (Å²) in [5, 5.41) is 0. The van der Waals surface area contributed by atoms with E-state index in [2.05, 4.69) is 4.18 Å². The first-order valence-corrected chi connectivity index (χ1v) is 8.20. The molecule has 17 heavy (non-hydrogen) atoms. The van der Waals surface area contributed by atoms with Crippen LogP contribution in [0.1, 0.15) is 0 Å². The third-order valence-corrected chi connectivity index (χ3v) is 7.87. The van der Waals surface area contributed by atoms with Crippen molar-refractivity contribution in [1.29, 1.82) is 0 Å². The summed E-state index contributed by atoms with van der Waals surface area (Å²) in [6.45, 7) is 0. The zero-order chi connectivity index (χ0) is 13.3. The second kappa shape index (κ2) is 4.64. The highest BCUT2D eigenvalue weighted by Crippen LogP contribution is 2.35. The van der Waals surface area contributed by atoms with Gasteiger partial charge in [0.25, 0.3) is 0 Å². The van der Waals surface area contributed by atoms with Crippen LogP contribution in [0.4, 0.5) is 0 Å². The quantitative estimate of drug-likeness (QED) is 0.621. The van der Waals surface area contributed by atoms with Gasteiger partial charge in [-0.3, -0.25) is 0 Å². The fourth-order valence-electron chi connectivity index (χ4n) is 0.837. The first-order valence-electron chi connectivity index (χ1n) is 4.14. The maximum Gasteiger partial charge on any atom is 0.359 e. The Bertz CT molecular complexity index is 592. The van der Waals surface area contributed by atoms with E-state index < -0.39 is 23.0 Å². The summed E-state index contributed by atoms with van der Waals surface area (Å²) < 4.78 is 47.0. The van der Waals surface area contributed by atoms with Gasteiger partial charge in [-0.05, 0) is 12.1 Å². The van der Waals surface area contributed by atoms with Crippen LogP contribution < -0.4 is 4.18 Å². The van der Waals surface area contributed by atoms with Crippen LogP contribution in [0.2, 0.25) is 0 Å². The molecule has 0 fully saturated rings. The van der Waals surface area contributed by atoms with Gasteiger partial charge in [-0.15, -0.1) is 0 Å². The molecule has 0 aromatic heterocycles. The van der Waals surface area contributed by atoms with E-state index in [4.69, 9.17) is 23.2 Å². The number of halogens is 2. The molecule has 0 bridgehead atoms. The van der Waals surface area contributed by atoms with Gasteiger partial charge in [-0.25, -0.2) is 8.42 Å². The fourth-order valence-corrected chi connectivity index (χ4v) is 3.07. The SMILES string of the molecule is CS(=O)(=O)C(Cl)(Cl)S(=O)(=O)Oc1ccccc1. The Hall–Kier alpha value is -0.500. The van der Waals surface area contributed by atoms with Gasteiger partial charge in [-0.2, -0.15) is 8.42 Å². The van der Waals surface area contributed by atoms with Crippen LogP contribution in [0.5, 0.6) is 5.75 Å². The maximum atomic E-state index is 11.6. The van der Waals surface area contributed by atoms with E-state index >= 15 is 0 Å². The lowest BCUT2D eigenvalue weighted by Crippen LogP contribution is -2.37. The highest BCUT2D eigenvalue weighted by Gasteiger charge is 2.52. The number of benzene rings is 1. The van der Waals surface area contributed by atoms with Crippen molar-refractivity contribution in [2.45, 2.75) is 3.00 Å². The third-order valence-electron chi connectivity index (χ3n) is 1.67. The number of hydrogen-bond donors (Lipinski definition) is 0. The lowest BCUT2D eigenvalue weighted by Gasteiger charge is -2.17. The molecule has 0 radical (unpaired) electrons. The van der Waals surface area contributed by atoms with E-state index in [0.29, 0.717) is 6.26 Å². The lowest BCUT2D eigenvalue weighted by atomic mass is 10.3. The van der Waals surface area contributed by atoms with Crippen molar-refractivity contribution in [3.8, 4) is 5.75 Å². The molecule has 1 rings (SSSR count). The largest absolute Gasteiger partial charge is 0.380 e. The number of rotatable bonds is 4. The van der Waals surface area contributed by atoms with Gasteiger partial charge in [0.15, 0.2) is 9.84 Å². The van der Waals surface area contributed by atoms with Gasteiger partial charge in [0, 0.05) is 6.26 Å². The highest BCUT2D eigenvalue weighted by atomic mass is 35.5. The second-order valence-corrected chi connectivity index (χ2v) is 9.41. The smallest absolute Gasteiger partial charge is 0.359 e. The maximum absolute atomic E-state index is 11.6. The standard InChI is InChI=1S/C8H8Cl2O5S2/c1-16(11,12)8(9,10)17(13,14)15-7-5-3-2-4-6-7/h2-6H,1H3. The van der Waals surface area contributed by atoms with Crippen LogP contribution in [0.3, 0.4) is 0 Å². The van der Waals surface area contributed by atoms with Crippen LogP contribution in [0.25, 0.3) is 0 Å². The van der Waals surface area contributed by atoms with Crippen LogP contribution in [-0.4, -0.2) is 26.1 Å². The van der Waals surface area contributed by atoms with Crippen molar-refractivity contribution in [3.63, 3.8) is 0 Å². The molecule has 0 aliphatic rings. The molecule has 0 aliphatic heterocycles. The first kappa shape index (κ1) is 14.6. The lowest BCUT2D eigenvalue weighted by molar-refractivity contribution is 0.484. The molecule has 0 heterocycles. The molecule has 1 aromatic carbocycles. The van der Waals surface area contributed by atoms with Gasteiger partial charge in [0.2, 0.25) is 0 Å². The molecule has 0 saturated heterocycles. The van der Waals surface area contributed by atoms with Crippen molar-refractivity contribution in [3.05, 3.63) is 30.3 Å². The van der Waals surface area contributed by atoms with Crippen LogP contribution in [-0.2, 0) is 20.0 Å². The van der Waals surface area contributed by atoms with Crippen molar-refractivity contribution >= 4 is 43.2 Å². The van der Waals surface area contributed by atoms with Gasteiger partial charge < -0.3 is 4.18 Å². The Morgan fingerprint density at radius 3 is 1.94 bits per heavy atom. The summed E-state index contributed by atoms with van der Waals surface area (Å²) in [5.74, 6) is -0.0816.